The predicted octanol–water partition coefficient (Wildman–Crippen LogP) is 1.91. The molecule has 24 heavy (non-hydrogen) atoms. The van der Waals surface area contributed by atoms with Crippen LogP contribution in [0.3, 0.4) is 0 Å². The lowest BCUT2D eigenvalue weighted by Crippen LogP contribution is -2.38. The van der Waals surface area contributed by atoms with Crippen LogP contribution in [0.15, 0.2) is 24.3 Å². The molecular formula is C18H23N3O3. The first kappa shape index (κ1) is 16.5. The summed E-state index contributed by atoms with van der Waals surface area (Å²) in [5.41, 5.74) is 6.01. The van der Waals surface area contributed by atoms with Crippen LogP contribution in [0, 0.1) is 5.92 Å². The third-order valence-corrected chi connectivity index (χ3v) is 5.00. The molecule has 0 bridgehead atoms. The van der Waals surface area contributed by atoms with E-state index in [9.17, 15) is 14.4 Å². The number of benzene rings is 1. The highest BCUT2D eigenvalue weighted by Gasteiger charge is 2.38. The summed E-state index contributed by atoms with van der Waals surface area (Å²) in [7, 11) is 0. The maximum atomic E-state index is 12.5. The number of likely N-dealkylation sites (tertiary alicyclic amines) is 1. The molecule has 1 aliphatic carbocycles. The average Bonchev–Trinajstić information content (AvgIpc) is 2.98. The lowest BCUT2D eigenvalue weighted by molar-refractivity contribution is -0.130. The van der Waals surface area contributed by atoms with Gasteiger partial charge in [-0.1, -0.05) is 31.4 Å². The number of para-hydroxylation sites is 1. The topological polar surface area (TPSA) is 92.5 Å². The molecule has 1 heterocycles. The van der Waals surface area contributed by atoms with E-state index < -0.39 is 5.91 Å². The van der Waals surface area contributed by atoms with Gasteiger partial charge in [0.1, 0.15) is 0 Å². The number of nitrogens with zero attached hydrogens (tertiary/aromatic N) is 1. The van der Waals surface area contributed by atoms with Gasteiger partial charge in [-0.3, -0.25) is 14.4 Å². The van der Waals surface area contributed by atoms with E-state index in [4.69, 9.17) is 5.73 Å². The molecule has 0 aromatic heterocycles. The number of nitrogens with one attached hydrogen (secondary N) is 1. The van der Waals surface area contributed by atoms with Crippen molar-refractivity contribution in [2.24, 2.45) is 11.7 Å². The Labute approximate surface area is 141 Å². The predicted molar refractivity (Wildman–Crippen MR) is 90.3 cm³/mol. The maximum Gasteiger partial charge on any atom is 0.250 e. The molecule has 0 spiro atoms. The Morgan fingerprint density at radius 2 is 1.83 bits per heavy atom. The second-order valence-corrected chi connectivity index (χ2v) is 6.64. The molecule has 3 N–H and O–H groups in total. The summed E-state index contributed by atoms with van der Waals surface area (Å²) >= 11 is 0. The zero-order valence-electron chi connectivity index (χ0n) is 13.7. The fourth-order valence-electron chi connectivity index (χ4n) is 3.69. The summed E-state index contributed by atoms with van der Waals surface area (Å²) < 4.78 is 0. The number of hydrogen-bond acceptors (Lipinski definition) is 3. The SMILES string of the molecule is NC(=O)c1ccccc1NC(=O)C1CC(=O)N(C2CCCCC2)C1. The highest BCUT2D eigenvalue weighted by Crippen LogP contribution is 2.29. The summed E-state index contributed by atoms with van der Waals surface area (Å²) in [5.74, 6) is -1.13. The summed E-state index contributed by atoms with van der Waals surface area (Å²) in [6.07, 6.45) is 5.83. The van der Waals surface area contributed by atoms with Crippen LogP contribution >= 0.6 is 0 Å². The van der Waals surface area contributed by atoms with Gasteiger partial charge in [-0.2, -0.15) is 0 Å². The van der Waals surface area contributed by atoms with Gasteiger partial charge in [-0.05, 0) is 25.0 Å². The van der Waals surface area contributed by atoms with E-state index in [1.165, 1.54) is 6.42 Å². The molecule has 6 nitrogen and oxygen atoms in total. The van der Waals surface area contributed by atoms with Gasteiger partial charge < -0.3 is 16.0 Å². The van der Waals surface area contributed by atoms with Crippen LogP contribution in [-0.4, -0.2) is 35.2 Å². The van der Waals surface area contributed by atoms with Crippen LogP contribution in [0.5, 0.6) is 0 Å². The molecule has 3 rings (SSSR count). The molecule has 1 saturated heterocycles. The van der Waals surface area contributed by atoms with E-state index in [2.05, 4.69) is 5.32 Å². The van der Waals surface area contributed by atoms with Crippen molar-refractivity contribution in [3.63, 3.8) is 0 Å². The lowest BCUT2D eigenvalue weighted by Gasteiger charge is -2.31. The third kappa shape index (κ3) is 3.42. The quantitative estimate of drug-likeness (QED) is 0.883. The minimum absolute atomic E-state index is 0.0604. The van der Waals surface area contributed by atoms with Crippen LogP contribution in [0.1, 0.15) is 48.9 Å². The van der Waals surface area contributed by atoms with Gasteiger partial charge in [0.2, 0.25) is 11.8 Å². The molecule has 3 amide bonds. The Kier molecular flexibility index (Phi) is 4.83. The highest BCUT2D eigenvalue weighted by molar-refractivity contribution is 6.04. The molecule has 128 valence electrons. The van der Waals surface area contributed by atoms with Crippen LogP contribution in [0.25, 0.3) is 0 Å². The summed E-state index contributed by atoms with van der Waals surface area (Å²) in [4.78, 5) is 38.1. The number of amides is 3. The number of carbonyl (C=O) groups excluding carboxylic acids is 3. The molecule has 1 aromatic carbocycles. The standard InChI is InChI=1S/C18H23N3O3/c19-17(23)14-8-4-5-9-15(14)20-18(24)12-10-16(22)21(11-12)13-6-2-1-3-7-13/h4-5,8-9,12-13H,1-3,6-7,10-11H2,(H2,19,23)(H,20,24). The van der Waals surface area contributed by atoms with Gasteiger partial charge in [0.15, 0.2) is 0 Å². The van der Waals surface area contributed by atoms with Crippen LogP contribution < -0.4 is 11.1 Å². The van der Waals surface area contributed by atoms with Gasteiger partial charge in [0, 0.05) is 19.0 Å². The van der Waals surface area contributed by atoms with Crippen molar-refractivity contribution < 1.29 is 14.4 Å². The van der Waals surface area contributed by atoms with Gasteiger partial charge >= 0.3 is 0 Å². The molecule has 1 aliphatic heterocycles. The summed E-state index contributed by atoms with van der Waals surface area (Å²) in [6.45, 7) is 0.466. The average molecular weight is 329 g/mol. The van der Waals surface area contributed by atoms with E-state index in [0.717, 1.165) is 25.7 Å². The third-order valence-electron chi connectivity index (χ3n) is 5.00. The Morgan fingerprint density at radius 1 is 1.12 bits per heavy atom. The van der Waals surface area contributed by atoms with Gasteiger partial charge in [0.05, 0.1) is 17.2 Å². The van der Waals surface area contributed by atoms with E-state index in [1.807, 2.05) is 4.90 Å². The number of anilines is 1. The van der Waals surface area contributed by atoms with Gasteiger partial charge in [0.25, 0.3) is 5.91 Å². The van der Waals surface area contributed by atoms with E-state index in [1.54, 1.807) is 24.3 Å². The fourth-order valence-corrected chi connectivity index (χ4v) is 3.69. The number of hydrogen-bond donors (Lipinski definition) is 2. The van der Waals surface area contributed by atoms with E-state index in [0.29, 0.717) is 12.2 Å². The van der Waals surface area contributed by atoms with Crippen molar-refractivity contribution in [3.8, 4) is 0 Å². The smallest absolute Gasteiger partial charge is 0.250 e. The van der Waals surface area contributed by atoms with Crippen molar-refractivity contribution >= 4 is 23.4 Å². The van der Waals surface area contributed by atoms with Crippen LogP contribution in [0.4, 0.5) is 5.69 Å². The number of primary amides is 1. The Morgan fingerprint density at radius 3 is 2.54 bits per heavy atom. The van der Waals surface area contributed by atoms with Gasteiger partial charge in [-0.25, -0.2) is 0 Å². The van der Waals surface area contributed by atoms with Crippen LogP contribution in [0.2, 0.25) is 0 Å². The van der Waals surface area contributed by atoms with Crippen molar-refractivity contribution in [2.75, 3.05) is 11.9 Å². The molecule has 6 heteroatoms. The van der Waals surface area contributed by atoms with Crippen molar-refractivity contribution in [1.29, 1.82) is 0 Å². The molecule has 0 radical (unpaired) electrons. The molecule has 2 aliphatic rings. The number of rotatable bonds is 4. The summed E-state index contributed by atoms with van der Waals surface area (Å²) in [5, 5.41) is 2.76. The van der Waals surface area contributed by atoms with Crippen molar-refractivity contribution in [1.82, 2.24) is 4.90 Å². The first-order valence-electron chi connectivity index (χ1n) is 8.55. The maximum absolute atomic E-state index is 12.5. The zero-order valence-corrected chi connectivity index (χ0v) is 13.7. The second-order valence-electron chi connectivity index (χ2n) is 6.64. The monoisotopic (exact) mass is 329 g/mol. The minimum atomic E-state index is -0.586. The minimum Gasteiger partial charge on any atom is -0.366 e. The normalized spacial score (nSPS) is 21.8. The van der Waals surface area contributed by atoms with E-state index in [-0.39, 0.29) is 35.8 Å². The zero-order chi connectivity index (χ0) is 17.1. The molecule has 1 aromatic rings. The molecule has 1 saturated carbocycles. The number of nitrogens with two attached hydrogens (primary N) is 1. The second kappa shape index (κ2) is 7.03. The molecule has 2 fully saturated rings. The molecular weight excluding hydrogens is 306 g/mol. The van der Waals surface area contributed by atoms with Crippen molar-refractivity contribution in [2.45, 2.75) is 44.6 Å². The summed E-state index contributed by atoms with van der Waals surface area (Å²) in [6, 6.07) is 6.93. The van der Waals surface area contributed by atoms with Gasteiger partial charge in [-0.15, -0.1) is 0 Å². The Hall–Kier alpha value is -2.37. The van der Waals surface area contributed by atoms with E-state index >= 15 is 0 Å². The lowest BCUT2D eigenvalue weighted by atomic mass is 9.94. The Bertz CT molecular complexity index is 653. The van der Waals surface area contributed by atoms with Crippen molar-refractivity contribution in [3.05, 3.63) is 29.8 Å². The largest absolute Gasteiger partial charge is 0.366 e. The number of carbonyl (C=O) groups is 3. The first-order valence-corrected chi connectivity index (χ1v) is 8.55. The Balaban J connectivity index is 1.66. The molecule has 1 atom stereocenters. The first-order chi connectivity index (χ1) is 11.6. The fraction of sp³-hybridized carbons (Fsp3) is 0.500. The van der Waals surface area contributed by atoms with Crippen LogP contribution in [-0.2, 0) is 9.59 Å². The molecule has 1 unspecified atom stereocenters. The highest BCUT2D eigenvalue weighted by atomic mass is 16.2.